The van der Waals surface area contributed by atoms with Crippen LogP contribution in [0.4, 0.5) is 0 Å². The second-order valence-corrected chi connectivity index (χ2v) is 5.61. The highest BCUT2D eigenvalue weighted by molar-refractivity contribution is 6.31. The summed E-state index contributed by atoms with van der Waals surface area (Å²) in [6, 6.07) is 7.82. The maximum Gasteiger partial charge on any atom is 0.130 e. The number of rotatable bonds is 5. The van der Waals surface area contributed by atoms with Gasteiger partial charge in [0.25, 0.3) is 0 Å². The van der Waals surface area contributed by atoms with Crippen LogP contribution >= 0.6 is 23.2 Å². The number of hydrazine groups is 1. The largest absolute Gasteiger partial charge is 0.271 e. The third-order valence-electron chi connectivity index (χ3n) is 3.38. The SMILES string of the molecule is Cc1nn(C)c(Cl)c1CC(Cc1ccccc1Cl)NN. The van der Waals surface area contributed by atoms with Crippen LogP contribution in [0.2, 0.25) is 10.2 Å². The van der Waals surface area contributed by atoms with Crippen LogP contribution in [0.15, 0.2) is 24.3 Å². The van der Waals surface area contributed by atoms with Gasteiger partial charge < -0.3 is 0 Å². The Labute approximate surface area is 128 Å². The lowest BCUT2D eigenvalue weighted by Gasteiger charge is -2.16. The topological polar surface area (TPSA) is 55.9 Å². The van der Waals surface area contributed by atoms with E-state index in [0.717, 1.165) is 28.3 Å². The van der Waals surface area contributed by atoms with E-state index in [1.165, 1.54) is 0 Å². The van der Waals surface area contributed by atoms with Crippen LogP contribution in [0.1, 0.15) is 16.8 Å². The third-order valence-corrected chi connectivity index (χ3v) is 4.22. The number of hydrogen-bond donors (Lipinski definition) is 2. The molecule has 2 aromatic rings. The monoisotopic (exact) mass is 312 g/mol. The van der Waals surface area contributed by atoms with E-state index >= 15 is 0 Å². The third kappa shape index (κ3) is 3.33. The van der Waals surface area contributed by atoms with Gasteiger partial charge in [-0.2, -0.15) is 5.10 Å². The van der Waals surface area contributed by atoms with Gasteiger partial charge in [0.1, 0.15) is 5.15 Å². The molecule has 20 heavy (non-hydrogen) atoms. The Morgan fingerprint density at radius 1 is 1.30 bits per heavy atom. The van der Waals surface area contributed by atoms with Crippen LogP contribution in [0.3, 0.4) is 0 Å². The summed E-state index contributed by atoms with van der Waals surface area (Å²) in [5.41, 5.74) is 5.85. The highest BCUT2D eigenvalue weighted by Crippen LogP contribution is 2.22. The average molecular weight is 313 g/mol. The fourth-order valence-electron chi connectivity index (χ4n) is 2.27. The van der Waals surface area contributed by atoms with Crippen molar-refractivity contribution >= 4 is 23.2 Å². The summed E-state index contributed by atoms with van der Waals surface area (Å²) in [5, 5.41) is 5.72. The van der Waals surface area contributed by atoms with E-state index in [1.807, 2.05) is 38.2 Å². The van der Waals surface area contributed by atoms with Crippen LogP contribution in [0.5, 0.6) is 0 Å². The van der Waals surface area contributed by atoms with Crippen molar-refractivity contribution in [3.63, 3.8) is 0 Å². The van der Waals surface area contributed by atoms with Gasteiger partial charge >= 0.3 is 0 Å². The van der Waals surface area contributed by atoms with E-state index < -0.39 is 0 Å². The first-order valence-corrected chi connectivity index (χ1v) is 7.16. The van der Waals surface area contributed by atoms with Crippen LogP contribution in [-0.4, -0.2) is 15.8 Å². The fourth-order valence-corrected chi connectivity index (χ4v) is 2.74. The van der Waals surface area contributed by atoms with Gasteiger partial charge in [0.2, 0.25) is 0 Å². The normalized spacial score (nSPS) is 12.7. The summed E-state index contributed by atoms with van der Waals surface area (Å²) in [5.74, 6) is 5.66. The maximum absolute atomic E-state index is 6.26. The molecule has 4 nitrogen and oxygen atoms in total. The Kier molecular flexibility index (Phi) is 5.05. The Morgan fingerprint density at radius 2 is 2.00 bits per heavy atom. The minimum Gasteiger partial charge on any atom is -0.271 e. The highest BCUT2D eigenvalue weighted by atomic mass is 35.5. The van der Waals surface area contributed by atoms with E-state index in [1.54, 1.807) is 4.68 Å². The molecule has 3 N–H and O–H groups in total. The lowest BCUT2D eigenvalue weighted by atomic mass is 10.00. The van der Waals surface area contributed by atoms with Crippen LogP contribution in [0, 0.1) is 6.92 Å². The summed E-state index contributed by atoms with van der Waals surface area (Å²) in [4.78, 5) is 0. The fraction of sp³-hybridized carbons (Fsp3) is 0.357. The number of nitrogens with two attached hydrogens (primary N) is 1. The summed E-state index contributed by atoms with van der Waals surface area (Å²) in [6.07, 6.45) is 1.45. The van der Waals surface area contributed by atoms with Gasteiger partial charge in [-0.25, -0.2) is 0 Å². The van der Waals surface area contributed by atoms with E-state index in [2.05, 4.69) is 10.5 Å². The number of benzene rings is 1. The Bertz CT molecular complexity index is 595. The minimum atomic E-state index is 0.0512. The Morgan fingerprint density at radius 3 is 2.55 bits per heavy atom. The zero-order valence-corrected chi connectivity index (χ0v) is 13.0. The highest BCUT2D eigenvalue weighted by Gasteiger charge is 2.17. The molecule has 0 amide bonds. The van der Waals surface area contributed by atoms with E-state index in [4.69, 9.17) is 29.0 Å². The Hall–Kier alpha value is -1.07. The number of nitrogens with zero attached hydrogens (tertiary/aromatic N) is 2. The molecule has 0 fully saturated rings. The summed E-state index contributed by atoms with van der Waals surface area (Å²) in [6.45, 7) is 1.95. The summed E-state index contributed by atoms with van der Waals surface area (Å²) < 4.78 is 1.68. The Balaban J connectivity index is 2.15. The standard InChI is InChI=1S/C14H18Cl2N4/c1-9-12(14(16)20(2)19-9)8-11(18-17)7-10-5-3-4-6-13(10)15/h3-6,11,18H,7-8,17H2,1-2H3. The molecule has 2 rings (SSSR count). The molecule has 1 aromatic heterocycles. The molecule has 0 bridgehead atoms. The van der Waals surface area contributed by atoms with Crippen molar-refractivity contribution in [1.29, 1.82) is 0 Å². The number of aromatic nitrogens is 2. The predicted molar refractivity (Wildman–Crippen MR) is 82.9 cm³/mol. The van der Waals surface area contributed by atoms with Crippen LogP contribution in [0.25, 0.3) is 0 Å². The summed E-state index contributed by atoms with van der Waals surface area (Å²) in [7, 11) is 1.83. The molecule has 0 radical (unpaired) electrons. The first-order chi connectivity index (χ1) is 9.52. The zero-order chi connectivity index (χ0) is 14.7. The molecule has 1 atom stereocenters. The lowest BCUT2D eigenvalue weighted by Crippen LogP contribution is -2.38. The van der Waals surface area contributed by atoms with E-state index in [-0.39, 0.29) is 6.04 Å². The van der Waals surface area contributed by atoms with Gasteiger partial charge in [-0.15, -0.1) is 0 Å². The second kappa shape index (κ2) is 6.59. The van der Waals surface area contributed by atoms with Crippen LogP contribution in [-0.2, 0) is 19.9 Å². The first-order valence-electron chi connectivity index (χ1n) is 6.40. The molecule has 0 saturated heterocycles. The van der Waals surface area contributed by atoms with E-state index in [0.29, 0.717) is 11.6 Å². The molecule has 0 saturated carbocycles. The summed E-state index contributed by atoms with van der Waals surface area (Å²) >= 11 is 12.4. The van der Waals surface area contributed by atoms with Crippen LogP contribution < -0.4 is 11.3 Å². The van der Waals surface area contributed by atoms with Gasteiger partial charge in [0, 0.05) is 23.7 Å². The van der Waals surface area contributed by atoms with Crippen molar-refractivity contribution < 1.29 is 0 Å². The van der Waals surface area contributed by atoms with Crippen molar-refractivity contribution in [1.82, 2.24) is 15.2 Å². The molecule has 0 aliphatic rings. The molecule has 0 aliphatic carbocycles. The van der Waals surface area contributed by atoms with Crippen molar-refractivity contribution in [2.24, 2.45) is 12.9 Å². The molecule has 1 unspecified atom stereocenters. The molecule has 0 spiro atoms. The molecule has 108 valence electrons. The number of aryl methyl sites for hydroxylation is 2. The van der Waals surface area contributed by atoms with Gasteiger partial charge in [-0.1, -0.05) is 41.4 Å². The van der Waals surface area contributed by atoms with Gasteiger partial charge in [0.05, 0.1) is 5.69 Å². The molecule has 1 heterocycles. The zero-order valence-electron chi connectivity index (χ0n) is 11.5. The molecular formula is C14H18Cl2N4. The molecular weight excluding hydrogens is 295 g/mol. The molecule has 6 heteroatoms. The van der Waals surface area contributed by atoms with Crippen molar-refractivity contribution in [3.8, 4) is 0 Å². The van der Waals surface area contributed by atoms with Crippen molar-refractivity contribution in [2.75, 3.05) is 0 Å². The smallest absolute Gasteiger partial charge is 0.130 e. The molecule has 1 aromatic carbocycles. The predicted octanol–water partition coefficient (Wildman–Crippen LogP) is 2.65. The first kappa shape index (κ1) is 15.3. The van der Waals surface area contributed by atoms with Crippen molar-refractivity contribution in [2.45, 2.75) is 25.8 Å². The number of halogens is 2. The van der Waals surface area contributed by atoms with Crippen molar-refractivity contribution in [3.05, 3.63) is 51.3 Å². The van der Waals surface area contributed by atoms with Gasteiger partial charge in [-0.05, 0) is 31.4 Å². The maximum atomic E-state index is 6.26. The quantitative estimate of drug-likeness (QED) is 0.659. The second-order valence-electron chi connectivity index (χ2n) is 4.84. The van der Waals surface area contributed by atoms with E-state index in [9.17, 15) is 0 Å². The number of hydrogen-bond acceptors (Lipinski definition) is 3. The van der Waals surface area contributed by atoms with Gasteiger partial charge in [-0.3, -0.25) is 16.0 Å². The van der Waals surface area contributed by atoms with Gasteiger partial charge in [0.15, 0.2) is 0 Å². The lowest BCUT2D eigenvalue weighted by molar-refractivity contribution is 0.521. The number of nitrogens with one attached hydrogen (secondary N) is 1. The minimum absolute atomic E-state index is 0.0512. The molecule has 0 aliphatic heterocycles. The average Bonchev–Trinajstić information content (AvgIpc) is 2.66.